The lowest BCUT2D eigenvalue weighted by atomic mass is 10.1. The molecule has 0 amide bonds. The zero-order valence-electron chi connectivity index (χ0n) is 14.0. The first-order valence-corrected chi connectivity index (χ1v) is 9.39. The molecule has 0 heterocycles. The fourth-order valence-corrected chi connectivity index (χ4v) is 4.21. The quantitative estimate of drug-likeness (QED) is 0.463. The predicted molar refractivity (Wildman–Crippen MR) is 106 cm³/mol. The molecule has 0 aromatic heterocycles. The molecule has 4 rings (SSSR count). The number of carbonyl (C=O) groups excluding carboxylic acids is 2. The minimum Gasteiger partial charge on any atom is -0.288 e. The molecule has 0 fully saturated rings. The predicted octanol–water partition coefficient (Wildman–Crippen LogP) is 5.41. The van der Waals surface area contributed by atoms with E-state index in [-0.39, 0.29) is 11.6 Å². The zero-order chi connectivity index (χ0) is 17.9. The van der Waals surface area contributed by atoms with Crippen molar-refractivity contribution < 1.29 is 9.59 Å². The van der Waals surface area contributed by atoms with Crippen molar-refractivity contribution >= 4 is 28.2 Å². The van der Waals surface area contributed by atoms with E-state index >= 15 is 0 Å². The van der Waals surface area contributed by atoms with Gasteiger partial charge in [-0.2, -0.15) is 0 Å². The van der Waals surface area contributed by atoms with Crippen molar-refractivity contribution in [2.24, 2.45) is 0 Å². The van der Waals surface area contributed by atoms with Gasteiger partial charge in [-0.1, -0.05) is 84.9 Å². The number of rotatable bonds is 4. The molecule has 0 bridgehead atoms. The van der Waals surface area contributed by atoms with Crippen LogP contribution in [0.1, 0.15) is 31.8 Å². The molecular formula is C23H16O2S. The molecule has 1 aliphatic rings. The second kappa shape index (κ2) is 7.14. The van der Waals surface area contributed by atoms with Crippen molar-refractivity contribution in [1.29, 1.82) is 0 Å². The van der Waals surface area contributed by atoms with Crippen LogP contribution >= 0.6 is 11.8 Å². The number of allylic oxidation sites excluding steroid dienone is 1. The highest BCUT2D eigenvalue weighted by Crippen LogP contribution is 2.39. The fourth-order valence-electron chi connectivity index (χ4n) is 3.08. The van der Waals surface area contributed by atoms with E-state index in [2.05, 4.69) is 0 Å². The lowest BCUT2D eigenvalue weighted by Crippen LogP contribution is -2.04. The monoisotopic (exact) mass is 356 g/mol. The van der Waals surface area contributed by atoms with E-state index in [1.165, 1.54) is 0 Å². The number of thioether (sulfide) groups is 1. The van der Waals surface area contributed by atoms with Crippen molar-refractivity contribution in [3.8, 4) is 0 Å². The maximum absolute atomic E-state index is 12.9. The van der Waals surface area contributed by atoms with Crippen molar-refractivity contribution in [2.75, 3.05) is 0 Å². The van der Waals surface area contributed by atoms with Gasteiger partial charge in [-0.15, -0.1) is 11.8 Å². The number of fused-ring (bicyclic) bond motifs is 1. The molecule has 0 unspecified atom stereocenters. The fraction of sp³-hybridized carbons (Fsp3) is 0.0435. The highest BCUT2D eigenvalue weighted by atomic mass is 32.2. The van der Waals surface area contributed by atoms with Crippen molar-refractivity contribution in [2.45, 2.75) is 5.75 Å². The zero-order valence-corrected chi connectivity index (χ0v) is 14.8. The van der Waals surface area contributed by atoms with Crippen LogP contribution in [-0.4, -0.2) is 11.6 Å². The Balaban J connectivity index is 1.80. The van der Waals surface area contributed by atoms with Crippen LogP contribution in [0, 0.1) is 0 Å². The number of hydrogen-bond donors (Lipinski definition) is 0. The molecule has 0 spiro atoms. The molecule has 0 saturated carbocycles. The van der Waals surface area contributed by atoms with Gasteiger partial charge in [0.05, 0.1) is 5.57 Å². The van der Waals surface area contributed by atoms with Gasteiger partial charge in [0.15, 0.2) is 11.6 Å². The number of carbonyl (C=O) groups is 2. The molecule has 3 heteroatoms. The number of benzene rings is 3. The summed E-state index contributed by atoms with van der Waals surface area (Å²) in [5.41, 5.74) is 3.35. The van der Waals surface area contributed by atoms with E-state index < -0.39 is 0 Å². The van der Waals surface area contributed by atoms with Crippen LogP contribution in [0.2, 0.25) is 0 Å². The molecule has 3 aromatic rings. The summed E-state index contributed by atoms with van der Waals surface area (Å²) < 4.78 is 0. The number of Topliss-reactive ketones (excluding diaryl/α,β-unsaturated/α-hetero) is 2. The van der Waals surface area contributed by atoms with Gasteiger partial charge in [-0.3, -0.25) is 9.59 Å². The topological polar surface area (TPSA) is 34.1 Å². The number of ketones is 2. The van der Waals surface area contributed by atoms with Gasteiger partial charge in [0, 0.05) is 21.8 Å². The average Bonchev–Trinajstić information content (AvgIpc) is 2.95. The van der Waals surface area contributed by atoms with E-state index in [1.54, 1.807) is 36.0 Å². The molecule has 3 aromatic carbocycles. The van der Waals surface area contributed by atoms with E-state index in [9.17, 15) is 9.59 Å². The van der Waals surface area contributed by atoms with E-state index in [1.807, 2.05) is 60.7 Å². The maximum Gasteiger partial charge on any atom is 0.198 e. The summed E-state index contributed by atoms with van der Waals surface area (Å²) >= 11 is 1.54. The first-order chi connectivity index (χ1) is 12.8. The normalized spacial score (nSPS) is 13.0. The Hall–Kier alpha value is -2.91. The average molecular weight is 356 g/mol. The summed E-state index contributed by atoms with van der Waals surface area (Å²) in [6, 6.07) is 26.8. The molecule has 0 N–H and O–H groups in total. The Kier molecular flexibility index (Phi) is 4.55. The van der Waals surface area contributed by atoms with Crippen molar-refractivity contribution in [1.82, 2.24) is 0 Å². The van der Waals surface area contributed by atoms with Gasteiger partial charge in [0.1, 0.15) is 0 Å². The molecule has 0 atom stereocenters. The van der Waals surface area contributed by atoms with Crippen LogP contribution in [0.15, 0.2) is 90.5 Å². The summed E-state index contributed by atoms with van der Waals surface area (Å²) in [4.78, 5) is 26.6. The molecule has 0 aliphatic heterocycles. The van der Waals surface area contributed by atoms with E-state index in [0.29, 0.717) is 22.5 Å². The molecule has 0 saturated heterocycles. The third-order valence-corrected chi connectivity index (χ3v) is 5.57. The molecule has 126 valence electrons. The maximum atomic E-state index is 12.9. The SMILES string of the molecule is O=C1C(=C(SCc2ccccc2)c2ccccc2)C(=O)c2ccccc21. The van der Waals surface area contributed by atoms with Crippen molar-refractivity contribution in [3.63, 3.8) is 0 Å². The first kappa shape index (κ1) is 16.6. The lowest BCUT2D eigenvalue weighted by Gasteiger charge is -2.10. The van der Waals surface area contributed by atoms with Gasteiger partial charge in [0.2, 0.25) is 0 Å². The number of hydrogen-bond acceptors (Lipinski definition) is 3. The molecule has 2 nitrogen and oxygen atoms in total. The van der Waals surface area contributed by atoms with Crippen LogP contribution in [0.3, 0.4) is 0 Å². The Morgan fingerprint density at radius 1 is 0.654 bits per heavy atom. The Labute approximate surface area is 156 Å². The van der Waals surface area contributed by atoms with Gasteiger partial charge >= 0.3 is 0 Å². The molecule has 1 aliphatic carbocycles. The minimum atomic E-state index is -0.176. The Bertz CT molecular complexity index is 968. The highest BCUT2D eigenvalue weighted by Gasteiger charge is 2.35. The minimum absolute atomic E-state index is 0.176. The van der Waals surface area contributed by atoms with E-state index in [0.717, 1.165) is 16.0 Å². The molecule has 0 radical (unpaired) electrons. The highest BCUT2D eigenvalue weighted by molar-refractivity contribution is 8.07. The summed E-state index contributed by atoms with van der Waals surface area (Å²) in [5.74, 6) is 0.348. The summed E-state index contributed by atoms with van der Waals surface area (Å²) in [6.45, 7) is 0. The summed E-state index contributed by atoms with van der Waals surface area (Å²) in [6.07, 6.45) is 0. The summed E-state index contributed by atoms with van der Waals surface area (Å²) in [7, 11) is 0. The second-order valence-corrected chi connectivity index (χ2v) is 7.03. The first-order valence-electron chi connectivity index (χ1n) is 8.40. The van der Waals surface area contributed by atoms with Crippen LogP contribution < -0.4 is 0 Å². The molecular weight excluding hydrogens is 340 g/mol. The van der Waals surface area contributed by atoms with E-state index in [4.69, 9.17) is 0 Å². The Morgan fingerprint density at radius 2 is 1.15 bits per heavy atom. The largest absolute Gasteiger partial charge is 0.288 e. The standard InChI is InChI=1S/C23H16O2S/c24-21-18-13-7-8-14-19(18)22(25)20(21)23(17-11-5-2-6-12-17)26-15-16-9-3-1-4-10-16/h1-14H,15H2. The summed E-state index contributed by atoms with van der Waals surface area (Å²) in [5, 5.41) is 0. The van der Waals surface area contributed by atoms with Crippen LogP contribution in [-0.2, 0) is 5.75 Å². The third-order valence-electron chi connectivity index (χ3n) is 4.36. The Morgan fingerprint density at radius 3 is 1.73 bits per heavy atom. The van der Waals surface area contributed by atoms with Gasteiger partial charge < -0.3 is 0 Å². The smallest absolute Gasteiger partial charge is 0.198 e. The molecule has 26 heavy (non-hydrogen) atoms. The van der Waals surface area contributed by atoms with Gasteiger partial charge in [-0.05, 0) is 11.1 Å². The van der Waals surface area contributed by atoms with Gasteiger partial charge in [-0.25, -0.2) is 0 Å². The van der Waals surface area contributed by atoms with Crippen LogP contribution in [0.25, 0.3) is 4.91 Å². The second-order valence-electron chi connectivity index (χ2n) is 6.05. The van der Waals surface area contributed by atoms with Crippen molar-refractivity contribution in [3.05, 3.63) is 113 Å². The lowest BCUT2D eigenvalue weighted by molar-refractivity contribution is 0.0990. The van der Waals surface area contributed by atoms with Crippen LogP contribution in [0.4, 0.5) is 0 Å². The third kappa shape index (κ3) is 3.02. The van der Waals surface area contributed by atoms with Gasteiger partial charge in [0.25, 0.3) is 0 Å². The van der Waals surface area contributed by atoms with Crippen LogP contribution in [0.5, 0.6) is 0 Å².